The Morgan fingerprint density at radius 1 is 1.57 bits per heavy atom. The molecule has 0 spiro atoms. The Bertz CT molecular complexity index is 246. The van der Waals surface area contributed by atoms with Gasteiger partial charge < -0.3 is 10.0 Å². The third-order valence-electron chi connectivity index (χ3n) is 2.41. The third-order valence-corrected chi connectivity index (χ3v) is 2.41. The monoisotopic (exact) mass is 195 g/mol. The van der Waals surface area contributed by atoms with Crippen LogP contribution in [0.25, 0.3) is 0 Å². The molecule has 78 valence electrons. The zero-order valence-corrected chi connectivity index (χ0v) is 8.52. The van der Waals surface area contributed by atoms with E-state index in [2.05, 4.69) is 0 Å². The van der Waals surface area contributed by atoms with E-state index in [1.807, 2.05) is 19.1 Å². The number of aliphatic hydroxyl groups is 1. The van der Waals surface area contributed by atoms with Gasteiger partial charge in [-0.3, -0.25) is 4.79 Å². The van der Waals surface area contributed by atoms with Crippen molar-refractivity contribution in [3.8, 4) is 0 Å². The summed E-state index contributed by atoms with van der Waals surface area (Å²) in [6, 6.07) is 0.0257. The van der Waals surface area contributed by atoms with Crippen LogP contribution in [0.1, 0.15) is 19.8 Å². The molecule has 1 fully saturated rings. The lowest BCUT2D eigenvalue weighted by molar-refractivity contribution is -0.127. The van der Waals surface area contributed by atoms with E-state index in [9.17, 15) is 4.79 Å². The Morgan fingerprint density at radius 3 is 3.00 bits per heavy atom. The molecule has 1 N–H and O–H groups in total. The maximum atomic E-state index is 11.6. The largest absolute Gasteiger partial charge is 0.394 e. The van der Waals surface area contributed by atoms with Crippen molar-refractivity contribution in [2.24, 2.45) is 0 Å². The van der Waals surface area contributed by atoms with Gasteiger partial charge in [-0.1, -0.05) is 18.2 Å². The number of allylic oxidation sites excluding steroid dienone is 3. The van der Waals surface area contributed by atoms with Gasteiger partial charge in [-0.05, 0) is 19.8 Å². The lowest BCUT2D eigenvalue weighted by Gasteiger charge is -2.21. The molecular weight excluding hydrogens is 178 g/mol. The molecule has 0 aromatic heterocycles. The summed E-state index contributed by atoms with van der Waals surface area (Å²) >= 11 is 0. The van der Waals surface area contributed by atoms with Crippen LogP contribution in [0.15, 0.2) is 24.3 Å². The molecule has 0 aromatic carbocycles. The van der Waals surface area contributed by atoms with Crippen LogP contribution >= 0.6 is 0 Å². The Labute approximate surface area is 84.7 Å². The zero-order chi connectivity index (χ0) is 10.4. The lowest BCUT2D eigenvalue weighted by atomic mass is 10.2. The number of carbonyl (C=O) groups is 1. The first kappa shape index (κ1) is 11.0. The first-order chi connectivity index (χ1) is 6.79. The van der Waals surface area contributed by atoms with Crippen molar-refractivity contribution in [3.05, 3.63) is 24.3 Å². The summed E-state index contributed by atoms with van der Waals surface area (Å²) < 4.78 is 0. The van der Waals surface area contributed by atoms with Gasteiger partial charge in [-0.25, -0.2) is 0 Å². The first-order valence-electron chi connectivity index (χ1n) is 5.00. The van der Waals surface area contributed by atoms with Gasteiger partial charge in [0, 0.05) is 12.6 Å². The van der Waals surface area contributed by atoms with Gasteiger partial charge in [0.25, 0.3) is 0 Å². The average molecular weight is 195 g/mol. The summed E-state index contributed by atoms with van der Waals surface area (Å²) in [6.45, 7) is 2.74. The maximum absolute atomic E-state index is 11.6. The molecule has 0 saturated carbocycles. The average Bonchev–Trinajstić information content (AvgIpc) is 2.65. The van der Waals surface area contributed by atoms with Crippen LogP contribution in [-0.4, -0.2) is 35.1 Å². The van der Waals surface area contributed by atoms with E-state index < -0.39 is 0 Å². The summed E-state index contributed by atoms with van der Waals surface area (Å²) in [5, 5.41) is 9.02. The summed E-state index contributed by atoms with van der Waals surface area (Å²) in [6.07, 6.45) is 8.89. The summed E-state index contributed by atoms with van der Waals surface area (Å²) in [4.78, 5) is 13.3. The topological polar surface area (TPSA) is 40.5 Å². The van der Waals surface area contributed by atoms with Gasteiger partial charge in [0.05, 0.1) is 12.6 Å². The molecule has 1 rings (SSSR count). The molecular formula is C11H17NO2. The molecule has 1 saturated heterocycles. The zero-order valence-electron chi connectivity index (χ0n) is 8.52. The molecule has 14 heavy (non-hydrogen) atoms. The fourth-order valence-electron chi connectivity index (χ4n) is 1.66. The smallest absolute Gasteiger partial charge is 0.246 e. The predicted molar refractivity (Wildman–Crippen MR) is 55.8 cm³/mol. The second kappa shape index (κ2) is 5.60. The second-order valence-corrected chi connectivity index (χ2v) is 3.40. The number of hydrogen-bond donors (Lipinski definition) is 1. The van der Waals surface area contributed by atoms with E-state index in [1.54, 1.807) is 17.1 Å². The summed E-state index contributed by atoms with van der Waals surface area (Å²) in [5.74, 6) is -0.000324. The lowest BCUT2D eigenvalue weighted by Crippen LogP contribution is -2.36. The van der Waals surface area contributed by atoms with Crippen LogP contribution in [-0.2, 0) is 4.79 Å². The maximum Gasteiger partial charge on any atom is 0.246 e. The van der Waals surface area contributed by atoms with Gasteiger partial charge in [0.1, 0.15) is 0 Å². The van der Waals surface area contributed by atoms with E-state index in [0.717, 1.165) is 19.4 Å². The van der Waals surface area contributed by atoms with Crippen LogP contribution in [0.2, 0.25) is 0 Å². The predicted octanol–water partition coefficient (Wildman–Crippen LogP) is 1.10. The molecule has 1 aliphatic rings. The van der Waals surface area contributed by atoms with Crippen LogP contribution in [0.4, 0.5) is 0 Å². The standard InChI is InChI=1S/C11H17NO2/c1-2-3-4-7-11(14)12-8-5-6-10(12)9-13/h2-4,7,10,13H,5-6,8-9H2,1H3. The highest BCUT2D eigenvalue weighted by atomic mass is 16.3. The molecule has 0 aliphatic carbocycles. The molecule has 0 bridgehead atoms. The van der Waals surface area contributed by atoms with Crippen molar-refractivity contribution in [2.75, 3.05) is 13.2 Å². The van der Waals surface area contributed by atoms with E-state index >= 15 is 0 Å². The molecule has 3 heteroatoms. The van der Waals surface area contributed by atoms with Crippen molar-refractivity contribution in [3.63, 3.8) is 0 Å². The Hall–Kier alpha value is -1.09. The molecule has 3 nitrogen and oxygen atoms in total. The molecule has 1 atom stereocenters. The highest BCUT2D eigenvalue weighted by molar-refractivity contribution is 5.88. The van der Waals surface area contributed by atoms with Crippen LogP contribution in [0.3, 0.4) is 0 Å². The molecule has 1 amide bonds. The van der Waals surface area contributed by atoms with E-state index in [0.29, 0.717) is 0 Å². The Kier molecular flexibility index (Phi) is 4.40. The Balaban J connectivity index is 2.51. The van der Waals surface area contributed by atoms with Gasteiger partial charge in [0.15, 0.2) is 0 Å². The van der Waals surface area contributed by atoms with Gasteiger partial charge in [-0.15, -0.1) is 0 Å². The Morgan fingerprint density at radius 2 is 2.36 bits per heavy atom. The fourth-order valence-corrected chi connectivity index (χ4v) is 1.66. The number of likely N-dealkylation sites (tertiary alicyclic amines) is 1. The van der Waals surface area contributed by atoms with E-state index in [4.69, 9.17) is 5.11 Å². The third kappa shape index (κ3) is 2.70. The normalized spacial score (nSPS) is 22.7. The van der Waals surface area contributed by atoms with Crippen LogP contribution in [0.5, 0.6) is 0 Å². The van der Waals surface area contributed by atoms with Crippen molar-refractivity contribution in [1.29, 1.82) is 0 Å². The number of aliphatic hydroxyl groups excluding tert-OH is 1. The molecule has 0 radical (unpaired) electrons. The molecule has 1 heterocycles. The minimum atomic E-state index is -0.000324. The van der Waals surface area contributed by atoms with E-state index in [1.165, 1.54) is 0 Å². The quantitative estimate of drug-likeness (QED) is 0.541. The van der Waals surface area contributed by atoms with Gasteiger partial charge >= 0.3 is 0 Å². The number of rotatable bonds is 3. The molecule has 1 aliphatic heterocycles. The van der Waals surface area contributed by atoms with Crippen molar-refractivity contribution < 1.29 is 9.90 Å². The van der Waals surface area contributed by atoms with Gasteiger partial charge in [-0.2, -0.15) is 0 Å². The minimum absolute atomic E-state index is 0.000324. The van der Waals surface area contributed by atoms with Crippen molar-refractivity contribution in [1.82, 2.24) is 4.90 Å². The van der Waals surface area contributed by atoms with E-state index in [-0.39, 0.29) is 18.6 Å². The van der Waals surface area contributed by atoms with Crippen LogP contribution in [0, 0.1) is 0 Å². The highest BCUT2D eigenvalue weighted by Gasteiger charge is 2.26. The number of carbonyl (C=O) groups excluding carboxylic acids is 1. The first-order valence-corrected chi connectivity index (χ1v) is 5.00. The highest BCUT2D eigenvalue weighted by Crippen LogP contribution is 2.16. The number of nitrogens with zero attached hydrogens (tertiary/aromatic N) is 1. The fraction of sp³-hybridized carbons (Fsp3) is 0.545. The van der Waals surface area contributed by atoms with Crippen molar-refractivity contribution >= 4 is 5.91 Å². The second-order valence-electron chi connectivity index (χ2n) is 3.40. The SMILES string of the molecule is CC=CC=CC(=O)N1CCCC1CO. The molecule has 0 aromatic rings. The number of amides is 1. The number of hydrogen-bond acceptors (Lipinski definition) is 2. The summed E-state index contributed by atoms with van der Waals surface area (Å²) in [7, 11) is 0. The van der Waals surface area contributed by atoms with Gasteiger partial charge in [0.2, 0.25) is 5.91 Å². The summed E-state index contributed by atoms with van der Waals surface area (Å²) in [5.41, 5.74) is 0. The molecule has 1 unspecified atom stereocenters. The minimum Gasteiger partial charge on any atom is -0.394 e. The van der Waals surface area contributed by atoms with Crippen molar-refractivity contribution in [2.45, 2.75) is 25.8 Å². The van der Waals surface area contributed by atoms with Crippen LogP contribution < -0.4 is 0 Å².